The molecule has 1 saturated heterocycles. The van der Waals surface area contributed by atoms with Crippen molar-refractivity contribution in [1.29, 1.82) is 0 Å². The Morgan fingerprint density at radius 2 is 1.56 bits per heavy atom. The zero-order valence-corrected chi connectivity index (χ0v) is 19.5. The highest BCUT2D eigenvalue weighted by atomic mass is 16.3. The molecule has 0 spiro atoms. The average molecular weight is 431 g/mol. The molecule has 1 fully saturated rings. The highest BCUT2D eigenvalue weighted by Gasteiger charge is 2.23. The Balaban J connectivity index is 1.42. The van der Waals surface area contributed by atoms with Crippen LogP contribution in [0.2, 0.25) is 0 Å². The lowest BCUT2D eigenvalue weighted by Gasteiger charge is -2.37. The van der Waals surface area contributed by atoms with Crippen molar-refractivity contribution in [2.45, 2.75) is 39.7 Å². The summed E-state index contributed by atoms with van der Waals surface area (Å²) in [6.07, 6.45) is 1.21. The minimum atomic E-state index is -0.343. The second-order valence-corrected chi connectivity index (χ2v) is 8.89. The Hall–Kier alpha value is -2.76. The first-order chi connectivity index (χ1) is 15.5. The first-order valence-electron chi connectivity index (χ1n) is 11.6. The first-order valence-corrected chi connectivity index (χ1v) is 11.6. The summed E-state index contributed by atoms with van der Waals surface area (Å²) in [5.41, 5.74) is 6.10. The van der Waals surface area contributed by atoms with Gasteiger partial charge in [-0.25, -0.2) is 9.97 Å². The number of hydrogen-bond acceptors (Lipinski definition) is 5. The van der Waals surface area contributed by atoms with Gasteiger partial charge in [0, 0.05) is 50.4 Å². The van der Waals surface area contributed by atoms with Crippen LogP contribution in [0.1, 0.15) is 33.8 Å². The molecule has 0 aliphatic carbocycles. The number of hydrogen-bond donors (Lipinski definition) is 1. The molecule has 0 unspecified atom stereocenters. The van der Waals surface area contributed by atoms with Gasteiger partial charge in [0.05, 0.1) is 6.10 Å². The predicted octanol–water partition coefficient (Wildman–Crippen LogP) is 3.72. The molecular formula is C27H34N4O. The lowest BCUT2D eigenvalue weighted by molar-refractivity contribution is 0.109. The van der Waals surface area contributed by atoms with E-state index in [1.807, 2.05) is 25.1 Å². The number of benzene rings is 2. The van der Waals surface area contributed by atoms with Gasteiger partial charge in [0.25, 0.3) is 0 Å². The number of aliphatic hydroxyl groups excluding tert-OH is 1. The molecule has 0 saturated carbocycles. The minimum absolute atomic E-state index is 0.343. The summed E-state index contributed by atoms with van der Waals surface area (Å²) in [5, 5.41) is 10.6. The number of aryl methyl sites for hydroxylation is 3. The molecule has 1 aliphatic heterocycles. The smallest absolute Gasteiger partial charge is 0.136 e. The molecule has 1 aromatic heterocycles. The van der Waals surface area contributed by atoms with Crippen molar-refractivity contribution in [3.05, 3.63) is 88.4 Å². The third kappa shape index (κ3) is 5.53. The highest BCUT2D eigenvalue weighted by Crippen LogP contribution is 2.26. The number of β-amino-alcohol motifs (C(OH)–C–C–N with tert-alkyl or cyclic N) is 1. The fraction of sp³-hybridized carbons (Fsp3) is 0.407. The summed E-state index contributed by atoms with van der Waals surface area (Å²) in [7, 11) is 0. The monoisotopic (exact) mass is 430 g/mol. The molecule has 168 valence electrons. The van der Waals surface area contributed by atoms with Crippen LogP contribution in [0.3, 0.4) is 0 Å². The van der Waals surface area contributed by atoms with Crippen LogP contribution in [0.15, 0.2) is 54.6 Å². The third-order valence-electron chi connectivity index (χ3n) is 6.39. The quantitative estimate of drug-likeness (QED) is 0.619. The van der Waals surface area contributed by atoms with Crippen LogP contribution in [0.5, 0.6) is 0 Å². The predicted molar refractivity (Wildman–Crippen MR) is 130 cm³/mol. The summed E-state index contributed by atoms with van der Waals surface area (Å²) in [6.45, 7) is 10.6. The Bertz CT molecular complexity index is 1030. The molecule has 1 atom stereocenters. The van der Waals surface area contributed by atoms with Gasteiger partial charge in [0.1, 0.15) is 11.6 Å². The van der Waals surface area contributed by atoms with E-state index in [2.05, 4.69) is 65.0 Å². The van der Waals surface area contributed by atoms with E-state index < -0.39 is 0 Å². The molecule has 2 aromatic carbocycles. The second kappa shape index (κ2) is 10.2. The number of aromatic nitrogens is 2. The van der Waals surface area contributed by atoms with Crippen LogP contribution in [0, 0.1) is 20.8 Å². The van der Waals surface area contributed by atoms with Crippen molar-refractivity contribution in [2.75, 3.05) is 37.6 Å². The maximum absolute atomic E-state index is 10.6. The molecule has 32 heavy (non-hydrogen) atoms. The summed E-state index contributed by atoms with van der Waals surface area (Å²) in [4.78, 5) is 14.3. The van der Waals surface area contributed by atoms with E-state index in [1.54, 1.807) is 0 Å². The summed E-state index contributed by atoms with van der Waals surface area (Å²) < 4.78 is 0. The summed E-state index contributed by atoms with van der Waals surface area (Å²) >= 11 is 0. The summed E-state index contributed by atoms with van der Waals surface area (Å²) in [5.74, 6) is 1.90. The van der Waals surface area contributed by atoms with Gasteiger partial charge in [-0.05, 0) is 43.9 Å². The normalized spacial score (nSPS) is 15.7. The van der Waals surface area contributed by atoms with Gasteiger partial charge >= 0.3 is 0 Å². The topological polar surface area (TPSA) is 52.5 Å². The van der Waals surface area contributed by atoms with Crippen LogP contribution in [0.4, 0.5) is 5.82 Å². The molecule has 0 amide bonds. The number of anilines is 1. The van der Waals surface area contributed by atoms with Crippen molar-refractivity contribution in [3.8, 4) is 0 Å². The molecule has 0 radical (unpaired) electrons. The Kier molecular flexibility index (Phi) is 7.18. The zero-order valence-electron chi connectivity index (χ0n) is 19.5. The average Bonchev–Trinajstić information content (AvgIpc) is 2.78. The van der Waals surface area contributed by atoms with E-state index in [-0.39, 0.29) is 6.10 Å². The molecule has 1 N–H and O–H groups in total. The van der Waals surface area contributed by atoms with E-state index in [0.717, 1.165) is 49.9 Å². The third-order valence-corrected chi connectivity index (χ3v) is 6.39. The van der Waals surface area contributed by atoms with Gasteiger partial charge in [0.15, 0.2) is 0 Å². The molecule has 4 rings (SSSR count). The van der Waals surface area contributed by atoms with Gasteiger partial charge in [-0.3, -0.25) is 4.90 Å². The van der Waals surface area contributed by atoms with Gasteiger partial charge in [-0.2, -0.15) is 0 Å². The largest absolute Gasteiger partial charge is 0.391 e. The lowest BCUT2D eigenvalue weighted by atomic mass is 9.99. The molecule has 0 bridgehead atoms. The number of nitrogens with zero attached hydrogens (tertiary/aromatic N) is 4. The minimum Gasteiger partial charge on any atom is -0.391 e. The maximum atomic E-state index is 10.6. The number of aliphatic hydroxyl groups is 1. The van der Waals surface area contributed by atoms with Crippen molar-refractivity contribution in [1.82, 2.24) is 14.9 Å². The highest BCUT2D eigenvalue weighted by molar-refractivity contribution is 5.52. The first kappa shape index (κ1) is 22.4. The van der Waals surface area contributed by atoms with E-state index in [4.69, 9.17) is 4.98 Å². The van der Waals surface area contributed by atoms with Crippen molar-refractivity contribution >= 4 is 5.82 Å². The Morgan fingerprint density at radius 3 is 2.28 bits per heavy atom. The Morgan fingerprint density at radius 1 is 0.875 bits per heavy atom. The van der Waals surface area contributed by atoms with Gasteiger partial charge < -0.3 is 10.0 Å². The molecule has 1 aliphatic rings. The second-order valence-electron chi connectivity index (χ2n) is 8.89. The van der Waals surface area contributed by atoms with Crippen LogP contribution in [-0.4, -0.2) is 58.8 Å². The molecule has 5 heteroatoms. The Labute approximate surface area is 191 Å². The molecule has 5 nitrogen and oxygen atoms in total. The molecule has 3 aromatic rings. The standard InChI is InChI=1S/C27H34N4O/c1-20-9-7-8-12-24(20)18-26-21(2)28-22(3)29-27(26)31-15-13-30(14-16-31)19-25(32)17-23-10-5-4-6-11-23/h4-12,25,32H,13-19H2,1-3H3/t25-/m0/s1. The maximum Gasteiger partial charge on any atom is 0.136 e. The number of piperazine rings is 1. The lowest BCUT2D eigenvalue weighted by Crippen LogP contribution is -2.49. The van der Waals surface area contributed by atoms with E-state index >= 15 is 0 Å². The summed E-state index contributed by atoms with van der Waals surface area (Å²) in [6, 6.07) is 18.8. The van der Waals surface area contributed by atoms with E-state index in [1.165, 1.54) is 22.3 Å². The van der Waals surface area contributed by atoms with Gasteiger partial charge in [0.2, 0.25) is 0 Å². The molecule has 2 heterocycles. The van der Waals surface area contributed by atoms with Crippen molar-refractivity contribution in [2.24, 2.45) is 0 Å². The SMILES string of the molecule is Cc1nc(C)c(Cc2ccccc2C)c(N2CCN(C[C@@H](O)Cc3ccccc3)CC2)n1. The fourth-order valence-corrected chi connectivity index (χ4v) is 4.58. The zero-order chi connectivity index (χ0) is 22.5. The van der Waals surface area contributed by atoms with Gasteiger partial charge in [-0.15, -0.1) is 0 Å². The van der Waals surface area contributed by atoms with Crippen molar-refractivity contribution in [3.63, 3.8) is 0 Å². The molecular weight excluding hydrogens is 396 g/mol. The van der Waals surface area contributed by atoms with Gasteiger partial charge in [-0.1, -0.05) is 54.6 Å². The van der Waals surface area contributed by atoms with Crippen LogP contribution in [-0.2, 0) is 12.8 Å². The van der Waals surface area contributed by atoms with E-state index in [0.29, 0.717) is 13.0 Å². The van der Waals surface area contributed by atoms with Crippen LogP contribution in [0.25, 0.3) is 0 Å². The number of rotatable bonds is 7. The van der Waals surface area contributed by atoms with E-state index in [9.17, 15) is 5.11 Å². The fourth-order valence-electron chi connectivity index (χ4n) is 4.58. The van der Waals surface area contributed by atoms with Crippen molar-refractivity contribution < 1.29 is 5.11 Å². The van der Waals surface area contributed by atoms with Crippen LogP contribution < -0.4 is 4.90 Å². The van der Waals surface area contributed by atoms with Crippen LogP contribution >= 0.6 is 0 Å².